The number of benzene rings is 2. The van der Waals surface area contributed by atoms with E-state index in [2.05, 4.69) is 64.2 Å². The number of hydrogen-bond donors (Lipinski definition) is 1. The van der Waals surface area contributed by atoms with Crippen molar-refractivity contribution < 1.29 is 29.0 Å². The topological polar surface area (TPSA) is 29.5 Å². The Kier molecular flexibility index (Phi) is 7.74. The Morgan fingerprint density at radius 3 is 2.31 bits per heavy atom. The Balaban J connectivity index is 1.85. The van der Waals surface area contributed by atoms with Crippen molar-refractivity contribution >= 4 is 29.1 Å². The summed E-state index contributed by atoms with van der Waals surface area (Å²) < 4.78 is 6.01. The van der Waals surface area contributed by atoms with Crippen molar-refractivity contribution in [3.63, 3.8) is 0 Å². The summed E-state index contributed by atoms with van der Waals surface area (Å²) in [5.41, 5.74) is 0.733. The molecular formula is C23H32IO2S2Si-. The average Bonchev–Trinajstić information content (AvgIpc) is 2.72. The molecule has 1 aliphatic rings. The molecule has 0 spiro atoms. The van der Waals surface area contributed by atoms with Crippen LogP contribution in [0.15, 0.2) is 54.6 Å². The van der Waals surface area contributed by atoms with Crippen LogP contribution in [-0.4, -0.2) is 22.2 Å². The molecule has 6 heteroatoms. The van der Waals surface area contributed by atoms with Gasteiger partial charge in [0.2, 0.25) is 0 Å². The van der Waals surface area contributed by atoms with Gasteiger partial charge >= 0.3 is 197 Å². The van der Waals surface area contributed by atoms with Crippen molar-refractivity contribution in [3.8, 4) is 5.75 Å². The minimum atomic E-state index is -1.41. The molecule has 1 N–H and O–H groups in total. The van der Waals surface area contributed by atoms with Crippen LogP contribution in [0, 0.1) is 0 Å². The molecule has 2 nitrogen and oxygen atoms in total. The van der Waals surface area contributed by atoms with Crippen LogP contribution in [0.4, 0.5) is 0 Å². The number of rotatable bonds is 6. The molecule has 1 heterocycles. The number of aliphatic hydroxyl groups is 1. The van der Waals surface area contributed by atoms with Crippen molar-refractivity contribution in [2.45, 2.75) is 55.5 Å². The van der Waals surface area contributed by atoms with E-state index in [0.29, 0.717) is 5.04 Å². The van der Waals surface area contributed by atoms with Crippen LogP contribution in [0.3, 0.4) is 0 Å². The van der Waals surface area contributed by atoms with Crippen molar-refractivity contribution in [2.75, 3.05) is 11.5 Å². The molecule has 2 aromatic carbocycles. The van der Waals surface area contributed by atoms with Gasteiger partial charge in [0, 0.05) is 0 Å². The monoisotopic (exact) mass is 559 g/mol. The standard InChI is InChI=1S/C23H32IO2S2Si/c1-22(2,3)29(4,5)24-26-20-14-9-11-18(17-20)21(25)23(27-15-10-16-28-23)19-12-7-6-8-13-19/h6-9,11-14,17,21,25H,10,15-16H2,1-5H3/q-1. The van der Waals surface area contributed by atoms with Gasteiger partial charge in [0.15, 0.2) is 0 Å². The first kappa shape index (κ1) is 23.5. The molecule has 1 atom stereocenters. The zero-order valence-electron chi connectivity index (χ0n) is 17.9. The Hall–Kier alpha value is -0.153. The molecule has 1 fully saturated rings. The first-order valence-electron chi connectivity index (χ1n) is 10.1. The van der Waals surface area contributed by atoms with Crippen LogP contribution in [-0.2, 0) is 4.08 Å². The van der Waals surface area contributed by atoms with Crippen molar-refractivity contribution in [1.82, 2.24) is 0 Å². The Morgan fingerprint density at radius 1 is 1.03 bits per heavy atom. The predicted octanol–water partition coefficient (Wildman–Crippen LogP) is 3.83. The van der Waals surface area contributed by atoms with E-state index >= 15 is 0 Å². The summed E-state index contributed by atoms with van der Waals surface area (Å²) in [5, 5.41) is 11.9. The second-order valence-corrected chi connectivity index (χ2v) is 26.3. The van der Waals surface area contributed by atoms with Gasteiger partial charge in [-0.3, -0.25) is 0 Å². The summed E-state index contributed by atoms with van der Waals surface area (Å²) in [5.74, 6) is 3.06. The molecule has 0 radical (unpaired) electrons. The zero-order valence-corrected chi connectivity index (χ0v) is 22.7. The third-order valence-corrected chi connectivity index (χ3v) is 22.6. The maximum absolute atomic E-state index is 11.6. The molecule has 3 rings (SSSR count). The summed E-state index contributed by atoms with van der Waals surface area (Å²) in [6.45, 7) is 11.9. The van der Waals surface area contributed by atoms with E-state index in [0.717, 1.165) is 22.8 Å². The quantitative estimate of drug-likeness (QED) is 0.331. The molecule has 0 aromatic heterocycles. The second-order valence-electron chi connectivity index (χ2n) is 8.94. The fourth-order valence-corrected chi connectivity index (χ4v) is 11.5. The van der Waals surface area contributed by atoms with Gasteiger partial charge in [0.05, 0.1) is 0 Å². The Morgan fingerprint density at radius 2 is 1.69 bits per heavy atom. The summed E-state index contributed by atoms with van der Waals surface area (Å²) in [4.78, 5) is 0. The van der Waals surface area contributed by atoms with Crippen molar-refractivity contribution in [3.05, 3.63) is 65.7 Å². The third-order valence-electron chi connectivity index (χ3n) is 5.74. The van der Waals surface area contributed by atoms with Gasteiger partial charge in [-0.15, -0.1) is 0 Å². The van der Waals surface area contributed by atoms with E-state index in [-0.39, 0.29) is 24.9 Å². The number of aliphatic hydroxyl groups excluding tert-OH is 1. The molecule has 1 aliphatic heterocycles. The number of halogens is 1. The van der Waals surface area contributed by atoms with Gasteiger partial charge in [0.1, 0.15) is 0 Å². The third kappa shape index (κ3) is 5.37. The molecule has 0 saturated carbocycles. The molecular weight excluding hydrogens is 527 g/mol. The number of thioether (sulfide) groups is 2. The normalized spacial score (nSPS) is 18.4. The van der Waals surface area contributed by atoms with E-state index in [1.807, 2.05) is 47.8 Å². The molecule has 2 aromatic rings. The number of hydrogen-bond acceptors (Lipinski definition) is 4. The van der Waals surface area contributed by atoms with Crippen LogP contribution >= 0.6 is 23.5 Å². The fraction of sp³-hybridized carbons (Fsp3) is 0.478. The molecule has 0 aliphatic carbocycles. The van der Waals surface area contributed by atoms with E-state index in [9.17, 15) is 5.11 Å². The fourth-order valence-electron chi connectivity index (χ4n) is 2.91. The summed E-state index contributed by atoms with van der Waals surface area (Å²) in [6.07, 6.45) is 0.617. The zero-order chi connectivity index (χ0) is 21.1. The van der Waals surface area contributed by atoms with E-state index in [4.69, 9.17) is 3.07 Å². The van der Waals surface area contributed by atoms with Gasteiger partial charge in [-0.25, -0.2) is 0 Å². The van der Waals surface area contributed by atoms with Gasteiger partial charge < -0.3 is 0 Å². The van der Waals surface area contributed by atoms with Crippen LogP contribution in [0.2, 0.25) is 18.1 Å². The first-order chi connectivity index (χ1) is 13.7. The first-order valence-corrected chi connectivity index (χ1v) is 19.1. The van der Waals surface area contributed by atoms with Gasteiger partial charge in [-0.1, -0.05) is 0 Å². The second kappa shape index (κ2) is 9.55. The summed E-state index contributed by atoms with van der Waals surface area (Å²) in [6, 6.07) is 18.7. The van der Waals surface area contributed by atoms with Crippen LogP contribution in [0.1, 0.15) is 44.4 Å². The van der Waals surface area contributed by atoms with Gasteiger partial charge in [-0.05, 0) is 0 Å². The average molecular weight is 560 g/mol. The summed E-state index contributed by atoms with van der Waals surface area (Å²) in [7, 11) is 0. The maximum atomic E-state index is 11.6. The molecule has 1 saturated heterocycles. The van der Waals surface area contributed by atoms with Crippen LogP contribution in [0.25, 0.3) is 0 Å². The van der Waals surface area contributed by atoms with E-state index in [1.54, 1.807) is 0 Å². The van der Waals surface area contributed by atoms with Crippen molar-refractivity contribution in [1.29, 1.82) is 0 Å². The van der Waals surface area contributed by atoms with E-state index in [1.165, 1.54) is 12.0 Å². The van der Waals surface area contributed by atoms with E-state index < -0.39 is 11.7 Å². The van der Waals surface area contributed by atoms with Gasteiger partial charge in [-0.2, -0.15) is 0 Å². The molecule has 0 amide bonds. The molecule has 0 bridgehead atoms. The Labute approximate surface area is 195 Å². The van der Waals surface area contributed by atoms with Gasteiger partial charge in [0.25, 0.3) is 0 Å². The van der Waals surface area contributed by atoms with Crippen LogP contribution < -0.4 is 23.9 Å². The predicted molar refractivity (Wildman–Crippen MR) is 127 cm³/mol. The van der Waals surface area contributed by atoms with Crippen molar-refractivity contribution in [2.24, 2.45) is 0 Å². The molecule has 29 heavy (non-hydrogen) atoms. The molecule has 160 valence electrons. The van der Waals surface area contributed by atoms with Crippen LogP contribution in [0.5, 0.6) is 5.75 Å². The minimum absolute atomic E-state index is 0.337. The summed E-state index contributed by atoms with van der Waals surface area (Å²) >= 11 is 3.41. The molecule has 1 unspecified atom stereocenters. The Bertz CT molecular complexity index is 802. The SMILES string of the molecule is CC(C)(C)[Si](C)(C)[I-]Oc1cccc(C(O)C2(c3ccccc3)SCCCS2)c1.